The zero-order chi connectivity index (χ0) is 14.7. The Bertz CT molecular complexity index is 576. The number of nitrogens with two attached hydrogens (primary N) is 1. The van der Waals surface area contributed by atoms with Crippen molar-refractivity contribution in [2.75, 3.05) is 11.9 Å². The molecule has 0 heterocycles. The monoisotopic (exact) mass is 270 g/mol. The quantitative estimate of drug-likeness (QED) is 0.892. The van der Waals surface area contributed by atoms with Gasteiger partial charge in [-0.3, -0.25) is 4.79 Å². The molecule has 5 nitrogen and oxygen atoms in total. The highest BCUT2D eigenvalue weighted by Crippen LogP contribution is 2.24. The van der Waals surface area contributed by atoms with Gasteiger partial charge in [0.05, 0.1) is 5.56 Å². The van der Waals surface area contributed by atoms with Crippen LogP contribution in [-0.4, -0.2) is 24.0 Å². The maximum atomic E-state index is 11.0. The van der Waals surface area contributed by atoms with Crippen molar-refractivity contribution >= 4 is 23.3 Å². The largest absolute Gasteiger partial charge is 0.478 e. The van der Waals surface area contributed by atoms with Gasteiger partial charge in [-0.25, -0.2) is 4.79 Å². The van der Waals surface area contributed by atoms with Crippen LogP contribution in [0.4, 0.5) is 11.4 Å². The third kappa shape index (κ3) is 2.77. The lowest BCUT2D eigenvalue weighted by atomic mass is 10.1. The van der Waals surface area contributed by atoms with Crippen molar-refractivity contribution in [2.24, 2.45) is 5.73 Å². The number of hydrogen-bond acceptors (Lipinski definition) is 3. The first-order valence-electron chi connectivity index (χ1n) is 5.96. The molecule has 2 aromatic rings. The molecule has 0 saturated heterocycles. The maximum absolute atomic E-state index is 11.0. The molecule has 2 aromatic carbocycles. The van der Waals surface area contributed by atoms with Crippen LogP contribution in [-0.2, 0) is 0 Å². The van der Waals surface area contributed by atoms with E-state index in [4.69, 9.17) is 10.8 Å². The Hall–Kier alpha value is -2.82. The molecule has 2 rings (SSSR count). The highest BCUT2D eigenvalue weighted by atomic mass is 16.4. The van der Waals surface area contributed by atoms with E-state index < -0.39 is 11.9 Å². The molecular weight excluding hydrogens is 256 g/mol. The minimum absolute atomic E-state index is 0.242. The zero-order valence-corrected chi connectivity index (χ0v) is 10.9. The summed E-state index contributed by atoms with van der Waals surface area (Å²) in [5, 5.41) is 8.86. The van der Waals surface area contributed by atoms with Crippen molar-refractivity contribution in [1.82, 2.24) is 0 Å². The maximum Gasteiger partial charge on any atom is 0.335 e. The van der Waals surface area contributed by atoms with Crippen LogP contribution in [0.2, 0.25) is 0 Å². The Morgan fingerprint density at radius 1 is 0.900 bits per heavy atom. The van der Waals surface area contributed by atoms with Gasteiger partial charge in [-0.1, -0.05) is 0 Å². The van der Waals surface area contributed by atoms with Crippen LogP contribution in [0.1, 0.15) is 20.7 Å². The summed E-state index contributed by atoms with van der Waals surface area (Å²) < 4.78 is 0. The van der Waals surface area contributed by atoms with E-state index in [0.717, 1.165) is 11.4 Å². The second-order valence-electron chi connectivity index (χ2n) is 4.32. The molecule has 0 aromatic heterocycles. The van der Waals surface area contributed by atoms with Gasteiger partial charge < -0.3 is 15.7 Å². The van der Waals surface area contributed by atoms with E-state index in [9.17, 15) is 9.59 Å². The lowest BCUT2D eigenvalue weighted by Gasteiger charge is -2.19. The van der Waals surface area contributed by atoms with E-state index in [0.29, 0.717) is 5.56 Å². The van der Waals surface area contributed by atoms with Crippen molar-refractivity contribution in [1.29, 1.82) is 0 Å². The second-order valence-corrected chi connectivity index (χ2v) is 4.32. The van der Waals surface area contributed by atoms with Crippen molar-refractivity contribution in [3.05, 3.63) is 59.7 Å². The molecule has 0 spiro atoms. The van der Waals surface area contributed by atoms with E-state index in [1.54, 1.807) is 48.5 Å². The lowest BCUT2D eigenvalue weighted by molar-refractivity contribution is 0.0696. The number of nitrogens with zero attached hydrogens (tertiary/aromatic N) is 1. The first-order valence-corrected chi connectivity index (χ1v) is 5.96. The molecule has 102 valence electrons. The molecule has 0 unspecified atom stereocenters. The molecule has 0 saturated carbocycles. The Morgan fingerprint density at radius 3 is 1.65 bits per heavy atom. The lowest BCUT2D eigenvalue weighted by Crippen LogP contribution is -2.12. The zero-order valence-electron chi connectivity index (χ0n) is 10.9. The van der Waals surface area contributed by atoms with Gasteiger partial charge in [0, 0.05) is 24.0 Å². The normalized spacial score (nSPS) is 10.1. The van der Waals surface area contributed by atoms with E-state index >= 15 is 0 Å². The molecular formula is C15H14N2O3. The first kappa shape index (κ1) is 13.6. The van der Waals surface area contributed by atoms with Gasteiger partial charge in [-0.2, -0.15) is 0 Å². The van der Waals surface area contributed by atoms with Crippen LogP contribution in [0, 0.1) is 0 Å². The smallest absolute Gasteiger partial charge is 0.335 e. The summed E-state index contributed by atoms with van der Waals surface area (Å²) in [6.07, 6.45) is 0. The van der Waals surface area contributed by atoms with Crippen LogP contribution >= 0.6 is 0 Å². The number of aromatic carboxylic acids is 1. The summed E-state index contributed by atoms with van der Waals surface area (Å²) >= 11 is 0. The first-order chi connectivity index (χ1) is 9.49. The minimum Gasteiger partial charge on any atom is -0.478 e. The topological polar surface area (TPSA) is 83.6 Å². The number of carboxylic acid groups (broad SMARTS) is 1. The molecule has 0 bridgehead atoms. The van der Waals surface area contributed by atoms with Crippen molar-refractivity contribution in [3.63, 3.8) is 0 Å². The Labute approximate surface area is 116 Å². The second kappa shape index (κ2) is 5.44. The van der Waals surface area contributed by atoms with Crippen molar-refractivity contribution < 1.29 is 14.7 Å². The number of amides is 1. The number of anilines is 2. The SMILES string of the molecule is CN(c1ccc(C(N)=O)cc1)c1ccc(C(=O)O)cc1. The van der Waals surface area contributed by atoms with Gasteiger partial charge in [0.15, 0.2) is 0 Å². The summed E-state index contributed by atoms with van der Waals surface area (Å²) in [4.78, 5) is 23.7. The van der Waals surface area contributed by atoms with Crippen LogP contribution in [0.25, 0.3) is 0 Å². The van der Waals surface area contributed by atoms with Gasteiger partial charge in [0.25, 0.3) is 0 Å². The molecule has 1 amide bonds. The average Bonchev–Trinajstić information content (AvgIpc) is 2.46. The molecule has 0 aliphatic heterocycles. The van der Waals surface area contributed by atoms with E-state index in [2.05, 4.69) is 0 Å². The number of hydrogen-bond donors (Lipinski definition) is 2. The Balaban J connectivity index is 2.24. The highest BCUT2D eigenvalue weighted by molar-refractivity contribution is 5.93. The average molecular weight is 270 g/mol. The van der Waals surface area contributed by atoms with Crippen molar-refractivity contribution in [2.45, 2.75) is 0 Å². The highest BCUT2D eigenvalue weighted by Gasteiger charge is 2.07. The molecule has 0 aliphatic rings. The van der Waals surface area contributed by atoms with Gasteiger partial charge >= 0.3 is 5.97 Å². The summed E-state index contributed by atoms with van der Waals surface area (Å²) in [6.45, 7) is 0. The standard InChI is InChI=1S/C15H14N2O3/c1-17(12-6-2-10(3-7-12)14(16)18)13-8-4-11(5-9-13)15(19)20/h2-9H,1H3,(H2,16,18)(H,19,20). The summed E-state index contributed by atoms with van der Waals surface area (Å²) in [5.41, 5.74) is 7.60. The molecule has 20 heavy (non-hydrogen) atoms. The summed E-state index contributed by atoms with van der Waals surface area (Å²) in [7, 11) is 1.86. The summed E-state index contributed by atoms with van der Waals surface area (Å²) in [6, 6.07) is 13.4. The fourth-order valence-corrected chi connectivity index (χ4v) is 1.83. The van der Waals surface area contributed by atoms with E-state index in [1.807, 2.05) is 11.9 Å². The number of carbonyl (C=O) groups excluding carboxylic acids is 1. The van der Waals surface area contributed by atoms with Crippen LogP contribution < -0.4 is 10.6 Å². The van der Waals surface area contributed by atoms with Crippen LogP contribution in [0.3, 0.4) is 0 Å². The predicted octanol–water partition coefficient (Wildman–Crippen LogP) is 2.25. The van der Waals surface area contributed by atoms with Gasteiger partial charge in [0.1, 0.15) is 0 Å². The number of rotatable bonds is 4. The van der Waals surface area contributed by atoms with Crippen LogP contribution in [0.5, 0.6) is 0 Å². The fraction of sp³-hybridized carbons (Fsp3) is 0.0667. The van der Waals surface area contributed by atoms with Crippen molar-refractivity contribution in [3.8, 4) is 0 Å². The minimum atomic E-state index is -0.954. The van der Waals surface area contributed by atoms with E-state index in [-0.39, 0.29) is 5.56 Å². The number of primary amides is 1. The van der Waals surface area contributed by atoms with Crippen LogP contribution in [0.15, 0.2) is 48.5 Å². The van der Waals surface area contributed by atoms with Gasteiger partial charge in [0.2, 0.25) is 5.91 Å². The Morgan fingerprint density at radius 2 is 1.30 bits per heavy atom. The number of carboxylic acids is 1. The third-order valence-corrected chi connectivity index (χ3v) is 3.04. The predicted molar refractivity (Wildman–Crippen MR) is 76.4 cm³/mol. The van der Waals surface area contributed by atoms with Gasteiger partial charge in [-0.15, -0.1) is 0 Å². The molecule has 0 atom stereocenters. The fourth-order valence-electron chi connectivity index (χ4n) is 1.83. The van der Waals surface area contributed by atoms with Gasteiger partial charge in [-0.05, 0) is 48.5 Å². The number of carbonyl (C=O) groups is 2. The summed E-state index contributed by atoms with van der Waals surface area (Å²) in [5.74, 6) is -1.42. The third-order valence-electron chi connectivity index (χ3n) is 3.04. The molecule has 5 heteroatoms. The molecule has 0 radical (unpaired) electrons. The number of benzene rings is 2. The van der Waals surface area contributed by atoms with E-state index in [1.165, 1.54) is 0 Å². The molecule has 0 aliphatic carbocycles. The molecule has 0 fully saturated rings. The Kier molecular flexibility index (Phi) is 3.70. The molecule has 3 N–H and O–H groups in total.